The van der Waals surface area contributed by atoms with Gasteiger partial charge in [0.25, 0.3) is 0 Å². The minimum atomic E-state index is 0. The minimum absolute atomic E-state index is 0. The fourth-order valence-corrected chi connectivity index (χ4v) is 1.95. The Balaban J connectivity index is 0.00000108. The highest BCUT2D eigenvalue weighted by Crippen LogP contribution is 2.40. The van der Waals surface area contributed by atoms with Gasteiger partial charge in [0.15, 0.2) is 11.5 Å². The van der Waals surface area contributed by atoms with Crippen molar-refractivity contribution in [1.82, 2.24) is 0 Å². The Bertz CT molecular complexity index is 571. The van der Waals surface area contributed by atoms with E-state index in [-0.39, 0.29) is 19.2 Å². The molecule has 1 aliphatic rings. The monoisotopic (exact) mass is 253 g/mol. The predicted octanol–water partition coefficient (Wildman–Crippen LogP) is -1.55. The smallest absolute Gasteiger partial charge is 0.231 e. The van der Waals surface area contributed by atoms with E-state index in [1.54, 1.807) is 7.11 Å². The third-order valence-corrected chi connectivity index (χ3v) is 2.78. The van der Waals surface area contributed by atoms with Crippen molar-refractivity contribution in [3.05, 3.63) is 24.3 Å². The molecule has 0 unspecified atom stereocenters. The van der Waals surface area contributed by atoms with E-state index in [1.807, 2.05) is 24.3 Å². The molecule has 1 heterocycles. The molecule has 0 atom stereocenters. The summed E-state index contributed by atoms with van der Waals surface area (Å²) in [7, 11) is 1.65. The zero-order valence-corrected chi connectivity index (χ0v) is 10.1. The van der Waals surface area contributed by atoms with Crippen molar-refractivity contribution < 1.29 is 32.4 Å². The summed E-state index contributed by atoms with van der Waals surface area (Å²) in [6.45, 7) is 0.278. The molecule has 2 aromatic carbocycles. The number of fused-ring (bicyclic) bond motifs is 2. The minimum Gasteiger partial charge on any atom is -1.00 e. The van der Waals surface area contributed by atoms with Crippen LogP contribution < -0.4 is 32.4 Å². The number of quaternary nitrogens is 1. The molecular formula is C12H12ClNO3. The van der Waals surface area contributed by atoms with Crippen LogP contribution >= 0.6 is 0 Å². The molecule has 90 valence electrons. The molecule has 0 saturated carbocycles. The maximum Gasteiger partial charge on any atom is 0.231 e. The highest BCUT2D eigenvalue weighted by atomic mass is 35.5. The van der Waals surface area contributed by atoms with Gasteiger partial charge in [-0.15, -0.1) is 0 Å². The van der Waals surface area contributed by atoms with Gasteiger partial charge in [-0.3, -0.25) is 0 Å². The maximum atomic E-state index is 5.35. The number of hydrogen-bond donors (Lipinski definition) is 1. The molecule has 0 fully saturated rings. The lowest BCUT2D eigenvalue weighted by Gasteiger charge is -2.07. The third kappa shape index (κ3) is 1.75. The summed E-state index contributed by atoms with van der Waals surface area (Å²) >= 11 is 0. The molecule has 0 aliphatic carbocycles. The summed E-state index contributed by atoms with van der Waals surface area (Å²) in [5, 5.41) is 2.03. The van der Waals surface area contributed by atoms with Gasteiger partial charge in [0, 0.05) is 11.5 Å². The first kappa shape index (κ1) is 11.8. The highest BCUT2D eigenvalue weighted by molar-refractivity contribution is 5.97. The van der Waals surface area contributed by atoms with Gasteiger partial charge >= 0.3 is 0 Å². The summed E-state index contributed by atoms with van der Waals surface area (Å²) in [4.78, 5) is 0. The number of benzene rings is 2. The molecular weight excluding hydrogens is 242 g/mol. The van der Waals surface area contributed by atoms with Crippen LogP contribution in [-0.4, -0.2) is 13.9 Å². The number of halogens is 1. The Morgan fingerprint density at radius 1 is 1.12 bits per heavy atom. The lowest BCUT2D eigenvalue weighted by Crippen LogP contribution is -3.00. The van der Waals surface area contributed by atoms with E-state index in [9.17, 15) is 0 Å². The molecule has 3 rings (SSSR count). The first-order chi connectivity index (χ1) is 7.79. The van der Waals surface area contributed by atoms with Crippen molar-refractivity contribution in [2.45, 2.75) is 0 Å². The molecule has 4 nitrogen and oxygen atoms in total. The Kier molecular flexibility index (Phi) is 3.00. The zero-order chi connectivity index (χ0) is 11.1. The lowest BCUT2D eigenvalue weighted by atomic mass is 10.1. The van der Waals surface area contributed by atoms with Gasteiger partial charge in [-0.05, 0) is 18.2 Å². The molecule has 0 aromatic heterocycles. The molecule has 0 amide bonds. The summed E-state index contributed by atoms with van der Waals surface area (Å²) in [6, 6.07) is 7.73. The number of ether oxygens (including phenoxy) is 3. The topological polar surface area (TPSA) is 55.3 Å². The van der Waals surface area contributed by atoms with Crippen LogP contribution in [0.1, 0.15) is 0 Å². The summed E-state index contributed by atoms with van der Waals surface area (Å²) < 4.78 is 16.0. The maximum absolute atomic E-state index is 5.35. The normalized spacial score (nSPS) is 12.4. The average Bonchev–Trinajstić information content (AvgIpc) is 2.75. The van der Waals surface area contributed by atoms with Crippen LogP contribution in [0.4, 0.5) is 5.69 Å². The van der Waals surface area contributed by atoms with Crippen molar-refractivity contribution >= 4 is 16.5 Å². The van der Waals surface area contributed by atoms with E-state index in [0.717, 1.165) is 33.7 Å². The van der Waals surface area contributed by atoms with Crippen LogP contribution in [0.5, 0.6) is 17.2 Å². The molecule has 5 heteroatoms. The fourth-order valence-electron chi connectivity index (χ4n) is 1.95. The van der Waals surface area contributed by atoms with Crippen LogP contribution in [0.15, 0.2) is 24.3 Å². The molecule has 3 N–H and O–H groups in total. The van der Waals surface area contributed by atoms with Gasteiger partial charge in [0.2, 0.25) is 6.79 Å². The molecule has 17 heavy (non-hydrogen) atoms. The number of methoxy groups -OCH3 is 1. The summed E-state index contributed by atoms with van der Waals surface area (Å²) in [5.41, 5.74) is 4.95. The second kappa shape index (κ2) is 4.31. The number of hydrogen-bond acceptors (Lipinski definition) is 3. The number of rotatable bonds is 1. The van der Waals surface area contributed by atoms with Gasteiger partial charge < -0.3 is 32.4 Å². The summed E-state index contributed by atoms with van der Waals surface area (Å²) in [6.07, 6.45) is 0. The van der Waals surface area contributed by atoms with Crippen LogP contribution in [0.25, 0.3) is 10.8 Å². The van der Waals surface area contributed by atoms with Gasteiger partial charge in [-0.25, -0.2) is 0 Å². The van der Waals surface area contributed by atoms with Crippen LogP contribution in [0.3, 0.4) is 0 Å². The lowest BCUT2D eigenvalue weighted by molar-refractivity contribution is -0.252. The van der Waals surface area contributed by atoms with Crippen LogP contribution in [0, 0.1) is 0 Å². The Morgan fingerprint density at radius 2 is 1.76 bits per heavy atom. The molecule has 0 radical (unpaired) electrons. The molecule has 0 saturated heterocycles. The van der Waals surface area contributed by atoms with Gasteiger partial charge in [-0.2, -0.15) is 0 Å². The van der Waals surface area contributed by atoms with E-state index in [0.29, 0.717) is 0 Å². The van der Waals surface area contributed by atoms with Crippen LogP contribution in [0.2, 0.25) is 0 Å². The molecule has 0 spiro atoms. The van der Waals surface area contributed by atoms with Crippen molar-refractivity contribution in [2.24, 2.45) is 0 Å². The molecule has 1 aliphatic heterocycles. The molecule has 2 aromatic rings. The zero-order valence-electron chi connectivity index (χ0n) is 9.33. The fraction of sp³-hybridized carbons (Fsp3) is 0.167. The van der Waals surface area contributed by atoms with Crippen molar-refractivity contribution in [3.8, 4) is 17.2 Å². The van der Waals surface area contributed by atoms with E-state index in [2.05, 4.69) is 5.73 Å². The van der Waals surface area contributed by atoms with Gasteiger partial charge in [0.05, 0.1) is 12.5 Å². The first-order valence-electron chi connectivity index (χ1n) is 5.02. The Hall–Kier alpha value is -1.65. The second-order valence-corrected chi connectivity index (χ2v) is 3.68. The van der Waals surface area contributed by atoms with E-state index in [4.69, 9.17) is 14.2 Å². The standard InChI is InChI=1S/C12H11NO3.ClH/c1-14-10-3-2-9(13)7-4-11-12(5-8(7)10)16-6-15-11;/h2-5H,6,13H2,1H3;1H. The van der Waals surface area contributed by atoms with Crippen molar-refractivity contribution in [1.29, 1.82) is 0 Å². The van der Waals surface area contributed by atoms with Crippen molar-refractivity contribution in [2.75, 3.05) is 13.9 Å². The predicted molar refractivity (Wildman–Crippen MR) is 59.2 cm³/mol. The summed E-state index contributed by atoms with van der Waals surface area (Å²) in [5.74, 6) is 2.35. The van der Waals surface area contributed by atoms with E-state index >= 15 is 0 Å². The molecule has 0 bridgehead atoms. The quantitative estimate of drug-likeness (QED) is 0.670. The SMILES string of the molecule is COc1ccc([NH3+])c2cc3c(cc12)OCO3.[Cl-]. The second-order valence-electron chi connectivity index (χ2n) is 3.68. The average molecular weight is 254 g/mol. The van der Waals surface area contributed by atoms with Crippen molar-refractivity contribution in [3.63, 3.8) is 0 Å². The first-order valence-corrected chi connectivity index (χ1v) is 5.02. The van der Waals surface area contributed by atoms with Gasteiger partial charge in [-0.1, -0.05) is 0 Å². The highest BCUT2D eigenvalue weighted by Gasteiger charge is 2.17. The Morgan fingerprint density at radius 3 is 2.41 bits per heavy atom. The van der Waals surface area contributed by atoms with E-state index < -0.39 is 0 Å². The third-order valence-electron chi connectivity index (χ3n) is 2.78. The Labute approximate surface area is 105 Å². The largest absolute Gasteiger partial charge is 1.00 e. The van der Waals surface area contributed by atoms with E-state index in [1.165, 1.54) is 0 Å². The van der Waals surface area contributed by atoms with Crippen LogP contribution in [-0.2, 0) is 0 Å². The van der Waals surface area contributed by atoms with Gasteiger partial charge in [0.1, 0.15) is 11.4 Å².